The molecule has 2 heterocycles. The average molecular weight is 237 g/mol. The number of carbonyl (C=O) groups is 2. The van der Waals surface area contributed by atoms with Crippen LogP contribution in [0, 0.1) is 5.92 Å². The van der Waals surface area contributed by atoms with Crippen molar-refractivity contribution in [3.63, 3.8) is 0 Å². The molecule has 1 aromatic heterocycles. The maximum atomic E-state index is 10.7. The van der Waals surface area contributed by atoms with Gasteiger partial charge in [0.1, 0.15) is 5.69 Å². The van der Waals surface area contributed by atoms with Gasteiger partial charge in [0.25, 0.3) is 5.91 Å². The van der Waals surface area contributed by atoms with Crippen molar-refractivity contribution in [1.29, 1.82) is 0 Å². The molecule has 4 N–H and O–H groups in total. The number of primary amides is 1. The summed E-state index contributed by atoms with van der Waals surface area (Å²) in [5.41, 5.74) is 5.34. The summed E-state index contributed by atoms with van der Waals surface area (Å²) in [6.07, 6.45) is 3.50. The van der Waals surface area contributed by atoms with Crippen LogP contribution in [-0.2, 0) is 4.79 Å². The second-order valence-corrected chi connectivity index (χ2v) is 4.18. The van der Waals surface area contributed by atoms with Crippen LogP contribution in [0.3, 0.4) is 0 Å². The lowest BCUT2D eigenvalue weighted by atomic mass is 9.99. The molecule has 0 radical (unpaired) electrons. The summed E-state index contributed by atoms with van der Waals surface area (Å²) >= 11 is 0. The molecule has 0 saturated carbocycles. The average Bonchev–Trinajstić information content (AvgIpc) is 2.88. The maximum Gasteiger partial charge on any atom is 0.265 e. The normalized spacial score (nSPS) is 22.6. The Hall–Kier alpha value is -1.78. The van der Waals surface area contributed by atoms with Crippen molar-refractivity contribution >= 4 is 11.8 Å². The van der Waals surface area contributed by atoms with Crippen molar-refractivity contribution in [2.45, 2.75) is 32.7 Å². The van der Waals surface area contributed by atoms with Gasteiger partial charge in [-0.15, -0.1) is 0 Å². The van der Waals surface area contributed by atoms with Gasteiger partial charge in [0.15, 0.2) is 0 Å². The van der Waals surface area contributed by atoms with Crippen molar-refractivity contribution < 1.29 is 9.59 Å². The number of nitrogens with two attached hydrogens (primary N) is 1. The number of amides is 2. The number of rotatable bonds is 2. The topological polar surface area (TPSA) is 88.0 Å². The van der Waals surface area contributed by atoms with Gasteiger partial charge in [-0.1, -0.05) is 13.3 Å². The van der Waals surface area contributed by atoms with Crippen LogP contribution >= 0.6 is 0 Å². The van der Waals surface area contributed by atoms with Gasteiger partial charge in [-0.25, -0.2) is 0 Å². The number of aromatic amines is 1. The van der Waals surface area contributed by atoms with Crippen LogP contribution in [-0.4, -0.2) is 22.8 Å². The van der Waals surface area contributed by atoms with Crippen LogP contribution in [0.25, 0.3) is 0 Å². The van der Waals surface area contributed by atoms with Crippen molar-refractivity contribution in [2.24, 2.45) is 11.7 Å². The molecular weight excluding hydrogens is 218 g/mol. The van der Waals surface area contributed by atoms with E-state index >= 15 is 0 Å². The van der Waals surface area contributed by atoms with Crippen LogP contribution < -0.4 is 11.1 Å². The molecule has 94 valence electrons. The van der Waals surface area contributed by atoms with E-state index in [9.17, 15) is 9.59 Å². The third-order valence-electron chi connectivity index (χ3n) is 2.93. The summed E-state index contributed by atoms with van der Waals surface area (Å²) in [5.74, 6) is 0.377. The van der Waals surface area contributed by atoms with E-state index in [0.29, 0.717) is 17.7 Å². The summed E-state index contributed by atoms with van der Waals surface area (Å²) in [6, 6.07) is 3.75. The largest absolute Gasteiger partial charge is 0.364 e. The van der Waals surface area contributed by atoms with Crippen LogP contribution in [0.15, 0.2) is 18.3 Å². The molecule has 2 atom stereocenters. The lowest BCUT2D eigenvalue weighted by molar-refractivity contribution is -0.119. The number of aromatic nitrogens is 1. The molecule has 17 heavy (non-hydrogen) atoms. The predicted molar refractivity (Wildman–Crippen MR) is 65.3 cm³/mol. The second kappa shape index (κ2) is 6.08. The first-order chi connectivity index (χ1) is 8.04. The quantitative estimate of drug-likeness (QED) is 0.717. The van der Waals surface area contributed by atoms with Crippen LogP contribution in [0.5, 0.6) is 0 Å². The fourth-order valence-electron chi connectivity index (χ4n) is 1.83. The molecule has 0 spiro atoms. The van der Waals surface area contributed by atoms with E-state index in [4.69, 9.17) is 5.73 Å². The Labute approximate surface area is 101 Å². The van der Waals surface area contributed by atoms with Crippen molar-refractivity contribution in [3.8, 4) is 0 Å². The van der Waals surface area contributed by atoms with Gasteiger partial charge in [-0.05, 0) is 25.0 Å². The van der Waals surface area contributed by atoms with Gasteiger partial charge in [0.05, 0.1) is 0 Å². The fraction of sp³-hybridized carbons (Fsp3) is 0.500. The van der Waals surface area contributed by atoms with Gasteiger partial charge < -0.3 is 16.0 Å². The molecule has 0 aromatic carbocycles. The Kier molecular flexibility index (Phi) is 4.75. The highest BCUT2D eigenvalue weighted by molar-refractivity contribution is 5.90. The van der Waals surface area contributed by atoms with Gasteiger partial charge >= 0.3 is 0 Å². The molecule has 1 aliphatic rings. The minimum Gasteiger partial charge on any atom is -0.364 e. The molecule has 1 saturated heterocycles. The Bertz CT molecular complexity index is 373. The number of hydrogen-bond acceptors (Lipinski definition) is 2. The molecule has 1 aliphatic heterocycles. The lowest BCUT2D eigenvalue weighted by Crippen LogP contribution is -2.24. The first-order valence-corrected chi connectivity index (χ1v) is 5.77. The summed E-state index contributed by atoms with van der Waals surface area (Å²) < 4.78 is 0. The van der Waals surface area contributed by atoms with Gasteiger partial charge in [-0.2, -0.15) is 0 Å². The first kappa shape index (κ1) is 13.3. The molecule has 1 aromatic rings. The van der Waals surface area contributed by atoms with E-state index in [1.54, 1.807) is 18.3 Å². The van der Waals surface area contributed by atoms with Crippen LogP contribution in [0.1, 0.15) is 37.2 Å². The molecule has 0 aliphatic carbocycles. The molecule has 2 rings (SSSR count). The molecule has 5 nitrogen and oxygen atoms in total. The zero-order valence-corrected chi connectivity index (χ0v) is 10.2. The highest BCUT2D eigenvalue weighted by atomic mass is 16.2. The van der Waals surface area contributed by atoms with Crippen LogP contribution in [0.2, 0.25) is 0 Å². The van der Waals surface area contributed by atoms with E-state index in [1.165, 1.54) is 0 Å². The molecule has 0 bridgehead atoms. The zero-order valence-electron chi connectivity index (χ0n) is 10.2. The Morgan fingerprint density at radius 2 is 2.29 bits per heavy atom. The van der Waals surface area contributed by atoms with E-state index in [2.05, 4.69) is 24.1 Å². The number of H-pyrrole nitrogens is 1. The van der Waals surface area contributed by atoms with E-state index in [-0.39, 0.29) is 5.91 Å². The highest BCUT2D eigenvalue weighted by Gasteiger charge is 2.26. The number of nitrogens with one attached hydrogen (secondary N) is 2. The zero-order chi connectivity index (χ0) is 12.8. The molecule has 1 fully saturated rings. The second-order valence-electron chi connectivity index (χ2n) is 4.18. The molecular formula is C12H19N3O2. The van der Waals surface area contributed by atoms with Crippen molar-refractivity contribution in [1.82, 2.24) is 10.3 Å². The first-order valence-electron chi connectivity index (χ1n) is 5.77. The Morgan fingerprint density at radius 3 is 2.53 bits per heavy atom. The summed E-state index contributed by atoms with van der Waals surface area (Å²) in [6.45, 7) is 4.19. The lowest BCUT2D eigenvalue weighted by Gasteiger charge is -2.09. The van der Waals surface area contributed by atoms with Crippen LogP contribution in [0.4, 0.5) is 0 Å². The fourth-order valence-corrected chi connectivity index (χ4v) is 1.83. The summed E-state index contributed by atoms with van der Waals surface area (Å²) in [7, 11) is 0. The third-order valence-corrected chi connectivity index (χ3v) is 2.93. The van der Waals surface area contributed by atoms with Gasteiger partial charge in [0.2, 0.25) is 5.91 Å². The maximum absolute atomic E-state index is 10.7. The smallest absolute Gasteiger partial charge is 0.265 e. The van der Waals surface area contributed by atoms with Crippen molar-refractivity contribution in [3.05, 3.63) is 24.0 Å². The molecule has 0 unspecified atom stereocenters. The predicted octanol–water partition coefficient (Wildman–Crippen LogP) is 1.03. The Morgan fingerprint density at radius 1 is 1.59 bits per heavy atom. The molecule has 2 amide bonds. The third kappa shape index (κ3) is 3.94. The van der Waals surface area contributed by atoms with Gasteiger partial charge in [-0.3, -0.25) is 9.59 Å². The van der Waals surface area contributed by atoms with Crippen molar-refractivity contribution in [2.75, 3.05) is 0 Å². The SMILES string of the molecule is CC[C@H]1CC(=O)N[C@H]1C.NC(=O)c1ccc[nH]1. The minimum atomic E-state index is -0.421. The Balaban J connectivity index is 0.000000171. The summed E-state index contributed by atoms with van der Waals surface area (Å²) in [5, 5.41) is 2.88. The minimum absolute atomic E-state index is 0.217. The number of carbonyl (C=O) groups excluding carboxylic acids is 2. The number of hydrogen-bond donors (Lipinski definition) is 3. The summed E-state index contributed by atoms with van der Waals surface area (Å²) in [4.78, 5) is 23.6. The van der Waals surface area contributed by atoms with Gasteiger partial charge in [0, 0.05) is 18.7 Å². The highest BCUT2D eigenvalue weighted by Crippen LogP contribution is 2.18. The van der Waals surface area contributed by atoms with E-state index in [1.807, 2.05) is 0 Å². The standard InChI is InChI=1S/C7H13NO.C5H6N2O/c1-3-6-4-7(9)8-5(6)2;6-5(8)4-2-1-3-7-4/h5-6H,3-4H2,1-2H3,(H,8,9);1-3,7H,(H2,6,8)/t5-,6-;/m0./s1. The monoisotopic (exact) mass is 237 g/mol. The molecule has 5 heteroatoms. The van der Waals surface area contributed by atoms with E-state index in [0.717, 1.165) is 12.8 Å². The van der Waals surface area contributed by atoms with E-state index < -0.39 is 5.91 Å².